The highest BCUT2D eigenvalue weighted by Crippen LogP contribution is 2.42. The molecular formula is C47H27N3S. The molecule has 0 amide bonds. The van der Waals surface area contributed by atoms with Gasteiger partial charge in [-0.15, -0.1) is 11.3 Å². The first-order valence-corrected chi connectivity index (χ1v) is 18.0. The first-order chi connectivity index (χ1) is 25.3. The van der Waals surface area contributed by atoms with Crippen molar-refractivity contribution in [2.45, 2.75) is 0 Å². The number of benzene rings is 9. The number of nitrogens with zero attached hydrogens (tertiary/aromatic N) is 3. The molecule has 0 fully saturated rings. The third kappa shape index (κ3) is 4.33. The molecule has 11 rings (SSSR count). The van der Waals surface area contributed by atoms with Crippen molar-refractivity contribution in [1.82, 2.24) is 15.0 Å². The van der Waals surface area contributed by atoms with Gasteiger partial charge in [0.2, 0.25) is 0 Å². The molecule has 0 aliphatic heterocycles. The maximum Gasteiger partial charge on any atom is 0.164 e. The van der Waals surface area contributed by atoms with Crippen LogP contribution in [0, 0.1) is 0 Å². The van der Waals surface area contributed by atoms with Gasteiger partial charge in [-0.25, -0.2) is 15.0 Å². The standard InChI is InChI=1S/C47H27N3S/c1-2-13-30-28(12-1)26-41(36-19-8-3-14-31(30)36)47-49-45(48-46(50-47)39-21-11-23-43-44(39)38-20-9-10-22-42(38)51-43)29-24-25-37-34-17-5-4-15-32(34)33-16-6-7-18-35(33)40(37)27-29/h1-27H. The van der Waals surface area contributed by atoms with Gasteiger partial charge < -0.3 is 0 Å². The lowest BCUT2D eigenvalue weighted by Gasteiger charge is -2.14. The molecule has 11 aromatic rings. The van der Waals surface area contributed by atoms with Crippen LogP contribution in [0.15, 0.2) is 164 Å². The van der Waals surface area contributed by atoms with Crippen molar-refractivity contribution in [3.63, 3.8) is 0 Å². The molecule has 0 N–H and O–H groups in total. The first-order valence-electron chi connectivity index (χ1n) is 17.2. The molecule has 2 heterocycles. The topological polar surface area (TPSA) is 38.7 Å². The van der Waals surface area contributed by atoms with Gasteiger partial charge in [-0.1, -0.05) is 140 Å². The monoisotopic (exact) mass is 665 g/mol. The highest BCUT2D eigenvalue weighted by Gasteiger charge is 2.19. The van der Waals surface area contributed by atoms with E-state index in [1.165, 1.54) is 63.3 Å². The third-order valence-electron chi connectivity index (χ3n) is 10.3. The van der Waals surface area contributed by atoms with E-state index < -0.39 is 0 Å². The average Bonchev–Trinajstić information content (AvgIpc) is 3.59. The molecule has 0 aliphatic rings. The van der Waals surface area contributed by atoms with Gasteiger partial charge in [0.25, 0.3) is 0 Å². The molecule has 0 aliphatic carbocycles. The van der Waals surface area contributed by atoms with E-state index in [-0.39, 0.29) is 0 Å². The third-order valence-corrected chi connectivity index (χ3v) is 11.4. The lowest BCUT2D eigenvalue weighted by Crippen LogP contribution is -2.01. The van der Waals surface area contributed by atoms with Crippen molar-refractivity contribution in [2.24, 2.45) is 0 Å². The maximum atomic E-state index is 5.33. The Bertz CT molecular complexity index is 3180. The summed E-state index contributed by atoms with van der Waals surface area (Å²) in [7, 11) is 0. The Kier molecular flexibility index (Phi) is 6.12. The van der Waals surface area contributed by atoms with Crippen LogP contribution < -0.4 is 0 Å². The Hall–Kier alpha value is -6.49. The Morgan fingerprint density at radius 3 is 1.55 bits per heavy atom. The molecule has 3 nitrogen and oxygen atoms in total. The quantitative estimate of drug-likeness (QED) is 0.176. The lowest BCUT2D eigenvalue weighted by molar-refractivity contribution is 1.08. The van der Waals surface area contributed by atoms with Gasteiger partial charge in [0.05, 0.1) is 0 Å². The van der Waals surface area contributed by atoms with Gasteiger partial charge in [0.15, 0.2) is 17.5 Å². The van der Waals surface area contributed by atoms with Crippen LogP contribution in [0.25, 0.3) is 108 Å². The Labute approximate surface area is 297 Å². The number of rotatable bonds is 3. The minimum Gasteiger partial charge on any atom is -0.208 e. The SMILES string of the molecule is c1ccc2c(c1)cc(-c1nc(-c3ccc4c5ccccc5c5ccccc5c4c3)nc(-c3cccc4sc5ccccc5c34)n1)c1ccccc12. The van der Waals surface area contributed by atoms with Crippen molar-refractivity contribution in [3.8, 4) is 34.2 Å². The predicted octanol–water partition coefficient (Wildman–Crippen LogP) is 13.0. The van der Waals surface area contributed by atoms with Crippen LogP contribution in [0.2, 0.25) is 0 Å². The zero-order valence-electron chi connectivity index (χ0n) is 27.3. The van der Waals surface area contributed by atoms with E-state index in [2.05, 4.69) is 164 Å². The van der Waals surface area contributed by atoms with Crippen molar-refractivity contribution in [3.05, 3.63) is 164 Å². The summed E-state index contributed by atoms with van der Waals surface area (Å²) >= 11 is 1.81. The van der Waals surface area contributed by atoms with Gasteiger partial charge >= 0.3 is 0 Å². The van der Waals surface area contributed by atoms with E-state index in [0.29, 0.717) is 17.5 Å². The van der Waals surface area contributed by atoms with Crippen LogP contribution in [0.4, 0.5) is 0 Å². The fraction of sp³-hybridized carbons (Fsp3) is 0. The molecule has 51 heavy (non-hydrogen) atoms. The molecular weight excluding hydrogens is 639 g/mol. The molecule has 0 unspecified atom stereocenters. The summed E-state index contributed by atoms with van der Waals surface area (Å²) in [5.74, 6) is 1.99. The van der Waals surface area contributed by atoms with Crippen molar-refractivity contribution in [1.29, 1.82) is 0 Å². The van der Waals surface area contributed by atoms with Gasteiger partial charge in [-0.2, -0.15) is 0 Å². The molecule has 0 spiro atoms. The second kappa shape index (κ2) is 11.0. The van der Waals surface area contributed by atoms with Crippen LogP contribution in [-0.4, -0.2) is 15.0 Å². The summed E-state index contributed by atoms with van der Waals surface area (Å²) in [6.45, 7) is 0. The van der Waals surface area contributed by atoms with E-state index >= 15 is 0 Å². The number of thiophene rings is 1. The fourth-order valence-electron chi connectivity index (χ4n) is 7.99. The van der Waals surface area contributed by atoms with E-state index in [9.17, 15) is 0 Å². The number of aromatic nitrogens is 3. The van der Waals surface area contributed by atoms with Crippen LogP contribution in [-0.2, 0) is 0 Å². The lowest BCUT2D eigenvalue weighted by atomic mass is 9.93. The molecule has 2 aromatic heterocycles. The van der Waals surface area contributed by atoms with Crippen LogP contribution >= 0.6 is 11.3 Å². The Morgan fingerprint density at radius 2 is 0.824 bits per heavy atom. The summed E-state index contributed by atoms with van der Waals surface area (Å²) in [4.78, 5) is 16.0. The maximum absolute atomic E-state index is 5.33. The molecule has 9 aromatic carbocycles. The molecule has 4 heteroatoms. The predicted molar refractivity (Wildman–Crippen MR) is 217 cm³/mol. The normalized spacial score (nSPS) is 11.9. The van der Waals surface area contributed by atoms with E-state index in [4.69, 9.17) is 15.0 Å². The minimum absolute atomic E-state index is 0.655. The largest absolute Gasteiger partial charge is 0.208 e. The summed E-state index contributed by atoms with van der Waals surface area (Å²) in [6, 6.07) is 58.5. The van der Waals surface area contributed by atoms with E-state index in [1.54, 1.807) is 0 Å². The summed E-state index contributed by atoms with van der Waals surface area (Å²) in [6.07, 6.45) is 0. The van der Waals surface area contributed by atoms with Gasteiger partial charge in [-0.3, -0.25) is 0 Å². The first kappa shape index (κ1) is 28.4. The number of hydrogen-bond donors (Lipinski definition) is 0. The highest BCUT2D eigenvalue weighted by molar-refractivity contribution is 7.25. The molecule has 236 valence electrons. The number of hydrogen-bond acceptors (Lipinski definition) is 4. The molecule has 0 radical (unpaired) electrons. The Balaban J connectivity index is 1.23. The van der Waals surface area contributed by atoms with Crippen molar-refractivity contribution in [2.75, 3.05) is 0 Å². The van der Waals surface area contributed by atoms with Crippen molar-refractivity contribution >= 4 is 85.4 Å². The second-order valence-corrected chi connectivity index (χ2v) is 14.2. The summed E-state index contributed by atoms with van der Waals surface area (Å²) < 4.78 is 2.47. The van der Waals surface area contributed by atoms with Crippen molar-refractivity contribution < 1.29 is 0 Å². The van der Waals surface area contributed by atoms with Crippen LogP contribution in [0.5, 0.6) is 0 Å². The van der Waals surface area contributed by atoms with Gasteiger partial charge in [0, 0.05) is 36.9 Å². The minimum atomic E-state index is 0.655. The summed E-state index contributed by atoms with van der Waals surface area (Å²) in [5, 5.41) is 14.5. The fourth-order valence-corrected chi connectivity index (χ4v) is 9.13. The zero-order chi connectivity index (χ0) is 33.5. The molecule has 0 saturated heterocycles. The van der Waals surface area contributed by atoms with Crippen LogP contribution in [0.3, 0.4) is 0 Å². The number of fused-ring (bicyclic) bond motifs is 12. The highest BCUT2D eigenvalue weighted by atomic mass is 32.1. The average molecular weight is 666 g/mol. The van der Waals surface area contributed by atoms with E-state index in [0.717, 1.165) is 27.5 Å². The molecule has 0 saturated carbocycles. The van der Waals surface area contributed by atoms with Crippen LogP contribution in [0.1, 0.15) is 0 Å². The van der Waals surface area contributed by atoms with E-state index in [1.807, 2.05) is 11.3 Å². The zero-order valence-corrected chi connectivity index (χ0v) is 28.2. The molecule has 0 atom stereocenters. The second-order valence-electron chi connectivity index (χ2n) is 13.1. The molecule has 0 bridgehead atoms. The smallest absolute Gasteiger partial charge is 0.164 e. The Morgan fingerprint density at radius 1 is 0.314 bits per heavy atom. The van der Waals surface area contributed by atoms with Gasteiger partial charge in [-0.05, 0) is 78.1 Å². The summed E-state index contributed by atoms with van der Waals surface area (Å²) in [5.41, 5.74) is 2.96. The van der Waals surface area contributed by atoms with Gasteiger partial charge in [0.1, 0.15) is 0 Å².